The zero-order valence-corrected chi connectivity index (χ0v) is 13.4. The van der Waals surface area contributed by atoms with Crippen molar-refractivity contribution in [1.29, 1.82) is 0 Å². The molecule has 0 aromatic rings. The maximum absolute atomic E-state index is 12.1. The molecule has 116 valence electrons. The molecule has 0 fully saturated rings. The van der Waals surface area contributed by atoms with E-state index >= 15 is 0 Å². The molecule has 0 aliphatic rings. The molecule has 0 aliphatic carbocycles. The Balaban J connectivity index is 5.23. The molecule has 4 heteroatoms. The smallest absolute Gasteiger partial charge is 0.334 e. The number of unbranched alkanes of at least 4 members (excludes halogenated alkanes) is 1. The number of carboxylic acids is 1. The van der Waals surface area contributed by atoms with Crippen molar-refractivity contribution in [3.63, 3.8) is 0 Å². The fourth-order valence-corrected chi connectivity index (χ4v) is 1.88. The molecule has 0 saturated carbocycles. The first-order valence-electron chi connectivity index (χ1n) is 7.41. The topological polar surface area (TPSA) is 63.6 Å². The third-order valence-corrected chi connectivity index (χ3v) is 2.82. The predicted molar refractivity (Wildman–Crippen MR) is 79.4 cm³/mol. The highest BCUT2D eigenvalue weighted by atomic mass is 16.5. The van der Waals surface area contributed by atoms with Crippen LogP contribution < -0.4 is 0 Å². The molecule has 0 bridgehead atoms. The van der Waals surface area contributed by atoms with E-state index in [1.54, 1.807) is 0 Å². The molecule has 0 radical (unpaired) electrons. The maximum Gasteiger partial charge on any atom is 0.334 e. The molecule has 0 amide bonds. The number of hydrogen-bond donors (Lipinski definition) is 1. The Morgan fingerprint density at radius 3 is 1.90 bits per heavy atom. The van der Waals surface area contributed by atoms with E-state index in [1.807, 2.05) is 34.6 Å². The van der Waals surface area contributed by atoms with Gasteiger partial charge in [-0.25, -0.2) is 9.59 Å². The standard InChI is InChI=1S/C16H28O4/c1-6-7-8-20-16(19)14(10-12(4)5)13(15(17)18)9-11(2)3/h11-12H,6-10H2,1-5H3,(H,17,18). The summed E-state index contributed by atoms with van der Waals surface area (Å²) in [5.41, 5.74) is 0.535. The number of carbonyl (C=O) groups excluding carboxylic acids is 1. The molecule has 0 heterocycles. The highest BCUT2D eigenvalue weighted by Gasteiger charge is 2.23. The summed E-state index contributed by atoms with van der Waals surface area (Å²) in [5, 5.41) is 9.36. The number of esters is 1. The Morgan fingerprint density at radius 1 is 1.00 bits per heavy atom. The van der Waals surface area contributed by atoms with Crippen molar-refractivity contribution in [3.8, 4) is 0 Å². The first-order chi connectivity index (χ1) is 9.29. The number of carboxylic acid groups (broad SMARTS) is 1. The van der Waals surface area contributed by atoms with E-state index < -0.39 is 11.9 Å². The van der Waals surface area contributed by atoms with Crippen LogP contribution in [0.25, 0.3) is 0 Å². The van der Waals surface area contributed by atoms with Crippen molar-refractivity contribution in [2.75, 3.05) is 6.61 Å². The Labute approximate surface area is 122 Å². The van der Waals surface area contributed by atoms with E-state index in [0.717, 1.165) is 12.8 Å². The molecule has 4 nitrogen and oxygen atoms in total. The van der Waals surface area contributed by atoms with Crippen molar-refractivity contribution in [2.24, 2.45) is 11.8 Å². The van der Waals surface area contributed by atoms with Gasteiger partial charge in [0.15, 0.2) is 0 Å². The lowest BCUT2D eigenvalue weighted by Gasteiger charge is -2.15. The molecule has 0 unspecified atom stereocenters. The van der Waals surface area contributed by atoms with Gasteiger partial charge in [-0.1, -0.05) is 41.0 Å². The number of rotatable bonds is 9. The molecule has 20 heavy (non-hydrogen) atoms. The van der Waals surface area contributed by atoms with Gasteiger partial charge in [0, 0.05) is 11.1 Å². The molecule has 0 spiro atoms. The van der Waals surface area contributed by atoms with E-state index in [9.17, 15) is 14.7 Å². The van der Waals surface area contributed by atoms with Gasteiger partial charge in [0.2, 0.25) is 0 Å². The highest BCUT2D eigenvalue weighted by Crippen LogP contribution is 2.22. The monoisotopic (exact) mass is 284 g/mol. The largest absolute Gasteiger partial charge is 0.478 e. The van der Waals surface area contributed by atoms with E-state index in [4.69, 9.17) is 4.74 Å². The van der Waals surface area contributed by atoms with E-state index in [0.29, 0.717) is 25.0 Å². The predicted octanol–water partition coefficient (Wildman–Crippen LogP) is 3.80. The molecule has 0 aromatic heterocycles. The molecule has 0 aliphatic heterocycles. The van der Waals surface area contributed by atoms with Gasteiger partial charge in [0.1, 0.15) is 0 Å². The van der Waals surface area contributed by atoms with E-state index in [1.165, 1.54) is 0 Å². The van der Waals surface area contributed by atoms with Gasteiger partial charge in [-0.3, -0.25) is 0 Å². The average Bonchev–Trinajstić information content (AvgIpc) is 2.32. The Hall–Kier alpha value is -1.32. The Bertz CT molecular complexity index is 353. The molecule has 1 N–H and O–H groups in total. The summed E-state index contributed by atoms with van der Waals surface area (Å²) < 4.78 is 5.20. The first-order valence-corrected chi connectivity index (χ1v) is 7.41. The first kappa shape index (κ1) is 18.7. The third-order valence-electron chi connectivity index (χ3n) is 2.82. The van der Waals surface area contributed by atoms with Crippen LogP contribution in [-0.2, 0) is 14.3 Å². The fraction of sp³-hybridized carbons (Fsp3) is 0.750. The zero-order chi connectivity index (χ0) is 15.7. The minimum Gasteiger partial charge on any atom is -0.478 e. The van der Waals surface area contributed by atoms with Crippen LogP contribution in [0.15, 0.2) is 11.1 Å². The zero-order valence-electron chi connectivity index (χ0n) is 13.4. The van der Waals surface area contributed by atoms with Crippen LogP contribution in [-0.4, -0.2) is 23.7 Å². The molecular weight excluding hydrogens is 256 g/mol. The second-order valence-electron chi connectivity index (χ2n) is 5.95. The minimum atomic E-state index is -1.01. The van der Waals surface area contributed by atoms with Crippen molar-refractivity contribution in [2.45, 2.75) is 60.3 Å². The van der Waals surface area contributed by atoms with Crippen molar-refractivity contribution < 1.29 is 19.4 Å². The minimum absolute atomic E-state index is 0.187. The third kappa shape index (κ3) is 7.31. The summed E-state index contributed by atoms with van der Waals surface area (Å²) in [7, 11) is 0. The van der Waals surface area contributed by atoms with Crippen LogP contribution in [0.1, 0.15) is 60.3 Å². The van der Waals surface area contributed by atoms with Gasteiger partial charge < -0.3 is 9.84 Å². The lowest BCUT2D eigenvalue weighted by molar-refractivity contribution is -0.140. The Morgan fingerprint density at radius 2 is 1.50 bits per heavy atom. The van der Waals surface area contributed by atoms with E-state index in [2.05, 4.69) is 0 Å². The summed E-state index contributed by atoms with van der Waals surface area (Å²) in [6.45, 7) is 10.2. The van der Waals surface area contributed by atoms with Crippen LogP contribution in [0.2, 0.25) is 0 Å². The van der Waals surface area contributed by atoms with Crippen LogP contribution in [0, 0.1) is 11.8 Å². The summed E-state index contributed by atoms with van der Waals surface area (Å²) in [6, 6.07) is 0. The van der Waals surface area contributed by atoms with Crippen molar-refractivity contribution in [3.05, 3.63) is 11.1 Å². The number of carbonyl (C=O) groups is 2. The molecule has 0 atom stereocenters. The molecular formula is C16H28O4. The van der Waals surface area contributed by atoms with Gasteiger partial charge in [0.25, 0.3) is 0 Å². The lowest BCUT2D eigenvalue weighted by Crippen LogP contribution is -2.18. The van der Waals surface area contributed by atoms with Gasteiger partial charge in [0.05, 0.1) is 6.61 Å². The van der Waals surface area contributed by atoms with Crippen molar-refractivity contribution >= 4 is 11.9 Å². The summed E-state index contributed by atoms with van der Waals surface area (Å²) in [4.78, 5) is 23.6. The molecule has 0 aromatic carbocycles. The summed E-state index contributed by atoms with van der Waals surface area (Å²) in [6.07, 6.45) is 2.57. The Kier molecular flexibility index (Phi) is 8.93. The van der Waals surface area contributed by atoms with Crippen LogP contribution in [0.5, 0.6) is 0 Å². The van der Waals surface area contributed by atoms with Gasteiger partial charge >= 0.3 is 11.9 Å². The lowest BCUT2D eigenvalue weighted by atomic mass is 9.93. The van der Waals surface area contributed by atoms with Gasteiger partial charge in [-0.15, -0.1) is 0 Å². The fourth-order valence-electron chi connectivity index (χ4n) is 1.88. The second kappa shape index (κ2) is 9.56. The highest BCUT2D eigenvalue weighted by molar-refractivity contribution is 5.99. The van der Waals surface area contributed by atoms with Gasteiger partial charge in [-0.2, -0.15) is 0 Å². The summed E-state index contributed by atoms with van der Waals surface area (Å²) >= 11 is 0. The number of hydrogen-bond acceptors (Lipinski definition) is 3. The number of aliphatic carboxylic acids is 1. The normalized spacial score (nSPS) is 12.6. The second-order valence-corrected chi connectivity index (χ2v) is 5.95. The van der Waals surface area contributed by atoms with Crippen molar-refractivity contribution in [1.82, 2.24) is 0 Å². The SMILES string of the molecule is CCCCOC(=O)C(CC(C)C)=C(CC(C)C)C(=O)O. The average molecular weight is 284 g/mol. The van der Waals surface area contributed by atoms with Crippen LogP contribution in [0.3, 0.4) is 0 Å². The van der Waals surface area contributed by atoms with E-state index in [-0.39, 0.29) is 17.4 Å². The van der Waals surface area contributed by atoms with Gasteiger partial charge in [-0.05, 0) is 31.1 Å². The van der Waals surface area contributed by atoms with Crippen LogP contribution >= 0.6 is 0 Å². The molecule has 0 rings (SSSR count). The summed E-state index contributed by atoms with van der Waals surface area (Å²) in [5.74, 6) is -1.08. The maximum atomic E-state index is 12.1. The number of ether oxygens (including phenoxy) is 1. The quantitative estimate of drug-likeness (QED) is 0.397. The van der Waals surface area contributed by atoms with Crippen LogP contribution in [0.4, 0.5) is 0 Å². The molecule has 0 saturated heterocycles.